The smallest absolute Gasteiger partial charge is 0.281 e. The molecule has 3 rings (SSSR count). The van der Waals surface area contributed by atoms with Crippen LogP contribution in [0.1, 0.15) is 12.5 Å². The molecule has 6 nitrogen and oxygen atoms in total. The van der Waals surface area contributed by atoms with Crippen LogP contribution in [-0.2, 0) is 14.8 Å². The van der Waals surface area contributed by atoms with Gasteiger partial charge >= 0.3 is 0 Å². The fourth-order valence-corrected chi connectivity index (χ4v) is 4.67. The quantitative estimate of drug-likeness (QED) is 0.505. The summed E-state index contributed by atoms with van der Waals surface area (Å²) in [6.45, 7) is 3.30. The average Bonchev–Trinajstić information content (AvgIpc) is 2.76. The van der Waals surface area contributed by atoms with Crippen LogP contribution in [0.25, 0.3) is 0 Å². The average molecular weight is 460 g/mol. The summed E-state index contributed by atoms with van der Waals surface area (Å²) in [5, 5.41) is 0.537. The van der Waals surface area contributed by atoms with Gasteiger partial charge in [0.25, 0.3) is 15.9 Å². The number of ether oxygens (including phenoxy) is 2. The Morgan fingerprint density at radius 1 is 1.00 bits per heavy atom. The third kappa shape index (κ3) is 5.00. The second-order valence-corrected chi connectivity index (χ2v) is 9.01. The second kappa shape index (κ2) is 9.41. The molecule has 0 heterocycles. The van der Waals surface area contributed by atoms with Crippen molar-refractivity contribution in [3.63, 3.8) is 0 Å². The Kier molecular flexibility index (Phi) is 6.87. The zero-order valence-corrected chi connectivity index (χ0v) is 18.9. The Hall–Kier alpha value is -3.03. The number of hydrogen-bond acceptors (Lipinski definition) is 5. The topological polar surface area (TPSA) is 72.9 Å². The maximum Gasteiger partial charge on any atom is 0.281 e. The Bertz CT molecular complexity index is 1160. The van der Waals surface area contributed by atoms with Crippen LogP contribution >= 0.6 is 11.6 Å². The van der Waals surface area contributed by atoms with Gasteiger partial charge in [-0.05, 0) is 74.0 Å². The van der Waals surface area contributed by atoms with E-state index in [0.29, 0.717) is 16.5 Å². The zero-order valence-electron chi connectivity index (χ0n) is 17.3. The number of amides is 1. The van der Waals surface area contributed by atoms with Crippen molar-refractivity contribution in [3.05, 3.63) is 83.4 Å². The fourth-order valence-electron chi connectivity index (χ4n) is 2.95. The lowest BCUT2D eigenvalue weighted by molar-refractivity contribution is -0.123. The van der Waals surface area contributed by atoms with E-state index in [0.717, 1.165) is 9.87 Å². The summed E-state index contributed by atoms with van der Waals surface area (Å²) < 4.78 is 38.5. The number of rotatable bonds is 7. The molecular weight excluding hydrogens is 438 g/mol. The van der Waals surface area contributed by atoms with Gasteiger partial charge in [-0.15, -0.1) is 0 Å². The van der Waals surface area contributed by atoms with E-state index in [-0.39, 0.29) is 10.6 Å². The molecule has 0 aliphatic rings. The molecule has 0 saturated heterocycles. The summed E-state index contributed by atoms with van der Waals surface area (Å²) in [5.74, 6) is 0.245. The third-order valence-corrected chi connectivity index (χ3v) is 6.55. The minimum atomic E-state index is -4.19. The Morgan fingerprint density at radius 3 is 2.23 bits per heavy atom. The Morgan fingerprint density at radius 2 is 1.65 bits per heavy atom. The van der Waals surface area contributed by atoms with Gasteiger partial charge in [-0.1, -0.05) is 29.8 Å². The van der Waals surface area contributed by atoms with Crippen LogP contribution in [0.15, 0.2) is 77.7 Å². The summed E-state index contributed by atoms with van der Waals surface area (Å²) in [4.78, 5) is 13.4. The van der Waals surface area contributed by atoms with Crippen molar-refractivity contribution in [2.24, 2.45) is 0 Å². The molecule has 3 aromatic rings. The highest BCUT2D eigenvalue weighted by molar-refractivity contribution is 7.93. The molecule has 0 fully saturated rings. The van der Waals surface area contributed by atoms with Crippen molar-refractivity contribution in [2.45, 2.75) is 24.8 Å². The van der Waals surface area contributed by atoms with Gasteiger partial charge in [0.1, 0.15) is 11.5 Å². The Labute approximate surface area is 187 Å². The number of nitrogens with zero attached hydrogens (tertiary/aromatic N) is 1. The predicted octanol–water partition coefficient (Wildman–Crippen LogP) is 4.85. The number of sulfonamides is 1. The first-order valence-electron chi connectivity index (χ1n) is 9.45. The monoisotopic (exact) mass is 459 g/mol. The van der Waals surface area contributed by atoms with Crippen molar-refractivity contribution in [3.8, 4) is 11.5 Å². The molecule has 162 valence electrons. The molecule has 1 atom stereocenters. The van der Waals surface area contributed by atoms with Crippen LogP contribution in [0.5, 0.6) is 11.5 Å². The number of carbonyl (C=O) groups is 1. The van der Waals surface area contributed by atoms with E-state index >= 15 is 0 Å². The first-order chi connectivity index (χ1) is 14.7. The number of aryl methyl sites for hydroxylation is 1. The minimum absolute atomic E-state index is 0.00552. The number of anilines is 1. The van der Waals surface area contributed by atoms with E-state index in [1.54, 1.807) is 55.5 Å². The van der Waals surface area contributed by atoms with Gasteiger partial charge in [-0.25, -0.2) is 8.42 Å². The number of halogens is 1. The highest BCUT2D eigenvalue weighted by atomic mass is 35.5. The maximum absolute atomic E-state index is 13.4. The van der Waals surface area contributed by atoms with Crippen LogP contribution in [0.2, 0.25) is 5.02 Å². The molecule has 0 aliphatic carbocycles. The summed E-state index contributed by atoms with van der Waals surface area (Å²) in [6, 6.07) is 19.0. The highest BCUT2D eigenvalue weighted by Crippen LogP contribution is 2.28. The zero-order chi connectivity index (χ0) is 22.6. The molecule has 0 aliphatic heterocycles. The second-order valence-electron chi connectivity index (χ2n) is 6.79. The molecule has 31 heavy (non-hydrogen) atoms. The van der Waals surface area contributed by atoms with Crippen molar-refractivity contribution < 1.29 is 22.7 Å². The van der Waals surface area contributed by atoms with Crippen LogP contribution < -0.4 is 13.8 Å². The van der Waals surface area contributed by atoms with Crippen LogP contribution in [0.3, 0.4) is 0 Å². The first-order valence-corrected chi connectivity index (χ1v) is 11.3. The number of benzene rings is 3. The van der Waals surface area contributed by atoms with Crippen molar-refractivity contribution in [2.75, 3.05) is 11.4 Å². The van der Waals surface area contributed by atoms with Gasteiger partial charge in [0.15, 0.2) is 6.10 Å². The minimum Gasteiger partial charge on any atom is -0.497 e. The lowest BCUT2D eigenvalue weighted by Crippen LogP contribution is -2.44. The van der Waals surface area contributed by atoms with Gasteiger partial charge < -0.3 is 9.47 Å². The lowest BCUT2D eigenvalue weighted by Gasteiger charge is -2.26. The number of methoxy groups -OCH3 is 1. The van der Waals surface area contributed by atoms with Crippen LogP contribution in [0, 0.1) is 6.92 Å². The standard InChI is InChI=1S/C23H22ClNO5S/c1-16-15-18(24)9-14-22(16)30-17(2)23(26)25(19-10-12-20(29-3)13-11-19)31(27,28)21-7-5-4-6-8-21/h4-15,17H,1-3H3. The molecule has 0 radical (unpaired) electrons. The molecule has 0 saturated carbocycles. The van der Waals surface area contributed by atoms with Gasteiger partial charge in [-0.2, -0.15) is 4.31 Å². The predicted molar refractivity (Wildman–Crippen MR) is 120 cm³/mol. The van der Waals surface area contributed by atoms with Crippen LogP contribution in [-0.4, -0.2) is 27.5 Å². The van der Waals surface area contributed by atoms with Crippen molar-refractivity contribution in [1.82, 2.24) is 0 Å². The van der Waals surface area contributed by atoms with E-state index in [9.17, 15) is 13.2 Å². The molecule has 0 N–H and O–H groups in total. The van der Waals surface area contributed by atoms with Crippen LogP contribution in [0.4, 0.5) is 5.69 Å². The summed E-state index contributed by atoms with van der Waals surface area (Å²) in [5.41, 5.74) is 0.909. The molecule has 3 aromatic carbocycles. The largest absolute Gasteiger partial charge is 0.497 e. The van der Waals surface area contributed by atoms with E-state index in [2.05, 4.69) is 0 Å². The fraction of sp³-hybridized carbons (Fsp3) is 0.174. The van der Waals surface area contributed by atoms with E-state index in [1.165, 1.54) is 38.3 Å². The van der Waals surface area contributed by atoms with E-state index in [1.807, 2.05) is 0 Å². The van der Waals surface area contributed by atoms with Gasteiger partial charge in [0.05, 0.1) is 17.7 Å². The summed E-state index contributed by atoms with van der Waals surface area (Å²) in [7, 11) is -2.68. The summed E-state index contributed by atoms with van der Waals surface area (Å²) in [6.07, 6.45) is -1.08. The van der Waals surface area contributed by atoms with Gasteiger partial charge in [-0.3, -0.25) is 4.79 Å². The molecular formula is C23H22ClNO5S. The molecule has 0 spiro atoms. The molecule has 1 unspecified atom stereocenters. The maximum atomic E-state index is 13.4. The molecule has 0 bridgehead atoms. The van der Waals surface area contributed by atoms with E-state index < -0.39 is 22.0 Å². The third-order valence-electron chi connectivity index (χ3n) is 4.58. The van der Waals surface area contributed by atoms with Gasteiger partial charge in [0, 0.05) is 5.02 Å². The first kappa shape index (κ1) is 22.7. The van der Waals surface area contributed by atoms with Gasteiger partial charge in [0.2, 0.25) is 0 Å². The molecule has 8 heteroatoms. The molecule has 1 amide bonds. The molecule has 0 aromatic heterocycles. The normalized spacial score (nSPS) is 12.1. The SMILES string of the molecule is COc1ccc(N(C(=O)C(C)Oc2ccc(Cl)cc2C)S(=O)(=O)c2ccccc2)cc1. The number of carbonyl (C=O) groups excluding carboxylic acids is 1. The van der Waals surface area contributed by atoms with Crippen molar-refractivity contribution in [1.29, 1.82) is 0 Å². The number of hydrogen-bond donors (Lipinski definition) is 0. The summed E-state index contributed by atoms with van der Waals surface area (Å²) >= 11 is 5.98. The van der Waals surface area contributed by atoms with E-state index in [4.69, 9.17) is 21.1 Å². The lowest BCUT2D eigenvalue weighted by atomic mass is 10.2. The van der Waals surface area contributed by atoms with Crippen molar-refractivity contribution >= 4 is 33.2 Å². The highest BCUT2D eigenvalue weighted by Gasteiger charge is 2.35. The Balaban J connectivity index is 2.01.